The van der Waals surface area contributed by atoms with Crippen LogP contribution in [0.15, 0.2) is 40.1 Å². The first-order valence-electron chi connectivity index (χ1n) is 6.30. The predicted octanol–water partition coefficient (Wildman–Crippen LogP) is 1.30. The lowest BCUT2D eigenvalue weighted by molar-refractivity contribution is 0.328. The third kappa shape index (κ3) is 4.01. The van der Waals surface area contributed by atoms with Gasteiger partial charge in [-0.2, -0.15) is 4.31 Å². The van der Waals surface area contributed by atoms with Crippen molar-refractivity contribution >= 4 is 21.4 Å². The molecule has 21 heavy (non-hydrogen) atoms. The van der Waals surface area contributed by atoms with Crippen LogP contribution in [0.3, 0.4) is 0 Å². The van der Waals surface area contributed by atoms with Crippen molar-refractivity contribution < 1.29 is 13.2 Å². The minimum Gasteiger partial charge on any atom is -0.492 e. The number of nitrogens with two attached hydrogens (primary N) is 1. The number of hydrogen-bond acceptors (Lipinski definition) is 6. The molecule has 2 aromatic rings. The van der Waals surface area contributed by atoms with Crippen molar-refractivity contribution in [2.45, 2.75) is 11.4 Å². The van der Waals surface area contributed by atoms with Crippen LogP contribution in [-0.2, 0) is 16.6 Å². The highest BCUT2D eigenvalue weighted by Gasteiger charge is 2.21. The van der Waals surface area contributed by atoms with Crippen LogP contribution in [0.5, 0.6) is 5.75 Å². The maximum Gasteiger partial charge on any atom is 0.243 e. The van der Waals surface area contributed by atoms with Crippen LogP contribution < -0.4 is 10.5 Å². The first-order chi connectivity index (χ1) is 10.0. The molecule has 0 unspecified atom stereocenters. The van der Waals surface area contributed by atoms with E-state index in [1.54, 1.807) is 17.6 Å². The number of benzene rings is 1. The molecule has 0 aliphatic heterocycles. The van der Waals surface area contributed by atoms with Gasteiger partial charge in [0, 0.05) is 19.0 Å². The van der Waals surface area contributed by atoms with Crippen LogP contribution >= 0.6 is 11.3 Å². The Hall–Kier alpha value is -1.48. The summed E-state index contributed by atoms with van der Waals surface area (Å²) in [5, 5.41) is 1.83. The van der Waals surface area contributed by atoms with Gasteiger partial charge in [-0.25, -0.2) is 13.4 Å². The monoisotopic (exact) mass is 327 g/mol. The molecule has 0 atom stereocenters. The Morgan fingerprint density at radius 3 is 2.62 bits per heavy atom. The molecule has 1 heterocycles. The fraction of sp³-hybridized carbons (Fsp3) is 0.308. The Morgan fingerprint density at radius 1 is 1.33 bits per heavy atom. The van der Waals surface area contributed by atoms with E-state index in [4.69, 9.17) is 10.5 Å². The maximum atomic E-state index is 12.4. The van der Waals surface area contributed by atoms with Crippen LogP contribution in [0.1, 0.15) is 5.69 Å². The van der Waals surface area contributed by atoms with E-state index < -0.39 is 10.0 Å². The summed E-state index contributed by atoms with van der Waals surface area (Å²) in [4.78, 5) is 4.31. The van der Waals surface area contributed by atoms with Gasteiger partial charge >= 0.3 is 0 Å². The lowest BCUT2D eigenvalue weighted by atomic mass is 10.3. The molecular weight excluding hydrogens is 310 g/mol. The quantitative estimate of drug-likeness (QED) is 0.828. The van der Waals surface area contributed by atoms with Crippen LogP contribution in [0.25, 0.3) is 0 Å². The number of hydrogen-bond donors (Lipinski definition) is 1. The van der Waals surface area contributed by atoms with Crippen molar-refractivity contribution in [2.75, 3.05) is 20.2 Å². The van der Waals surface area contributed by atoms with Crippen molar-refractivity contribution in [3.63, 3.8) is 0 Å². The normalized spacial score (nSPS) is 11.8. The molecule has 1 aromatic heterocycles. The highest BCUT2D eigenvalue weighted by Crippen LogP contribution is 2.20. The summed E-state index contributed by atoms with van der Waals surface area (Å²) in [5.41, 5.74) is 7.76. The molecule has 8 heteroatoms. The molecule has 1 aromatic carbocycles. The number of thiazole rings is 1. The number of rotatable bonds is 7. The molecule has 2 N–H and O–H groups in total. The molecule has 0 amide bonds. The third-order valence-electron chi connectivity index (χ3n) is 2.79. The van der Waals surface area contributed by atoms with Crippen molar-refractivity contribution in [1.29, 1.82) is 0 Å². The zero-order valence-electron chi connectivity index (χ0n) is 11.6. The molecule has 6 nitrogen and oxygen atoms in total. The van der Waals surface area contributed by atoms with E-state index in [-0.39, 0.29) is 11.4 Å². The summed E-state index contributed by atoms with van der Waals surface area (Å²) in [6.07, 6.45) is 0. The Labute approximate surface area is 128 Å². The van der Waals surface area contributed by atoms with E-state index in [1.807, 2.05) is 5.38 Å². The average molecular weight is 327 g/mol. The minimum atomic E-state index is -3.53. The molecule has 0 saturated carbocycles. The van der Waals surface area contributed by atoms with Gasteiger partial charge < -0.3 is 10.5 Å². The molecule has 0 bridgehead atoms. The number of sulfonamides is 1. The average Bonchev–Trinajstić information content (AvgIpc) is 2.98. The van der Waals surface area contributed by atoms with Crippen molar-refractivity contribution in [2.24, 2.45) is 5.73 Å². The lowest BCUT2D eigenvalue weighted by Crippen LogP contribution is -2.26. The van der Waals surface area contributed by atoms with Crippen LogP contribution in [0.4, 0.5) is 0 Å². The minimum absolute atomic E-state index is 0.223. The summed E-state index contributed by atoms with van der Waals surface area (Å²) in [5.74, 6) is 0.599. The lowest BCUT2D eigenvalue weighted by Gasteiger charge is -2.16. The smallest absolute Gasteiger partial charge is 0.243 e. The molecule has 0 fully saturated rings. The zero-order chi connectivity index (χ0) is 15.3. The molecule has 0 aliphatic carbocycles. The second-order valence-electron chi connectivity index (χ2n) is 4.35. The topological polar surface area (TPSA) is 85.5 Å². The molecule has 2 rings (SSSR count). The second-order valence-corrected chi connectivity index (χ2v) is 7.11. The Bertz CT molecular complexity index is 654. The molecule has 0 aliphatic rings. The Balaban J connectivity index is 2.11. The molecule has 114 valence electrons. The fourth-order valence-electron chi connectivity index (χ4n) is 1.69. The molecule has 0 saturated heterocycles. The van der Waals surface area contributed by atoms with Crippen molar-refractivity contribution in [1.82, 2.24) is 9.29 Å². The van der Waals surface area contributed by atoms with Crippen LogP contribution in [-0.4, -0.2) is 37.9 Å². The van der Waals surface area contributed by atoms with Crippen LogP contribution in [0, 0.1) is 0 Å². The summed E-state index contributed by atoms with van der Waals surface area (Å²) < 4.78 is 31.5. The fourth-order valence-corrected chi connectivity index (χ4v) is 3.39. The van der Waals surface area contributed by atoms with Gasteiger partial charge in [-0.15, -0.1) is 11.3 Å². The molecule has 0 spiro atoms. The predicted molar refractivity (Wildman–Crippen MR) is 81.8 cm³/mol. The first kappa shape index (κ1) is 15.9. The van der Waals surface area contributed by atoms with E-state index in [0.29, 0.717) is 18.9 Å². The SMILES string of the molecule is CN(Cc1cscn1)S(=O)(=O)c1ccc(OCCN)cc1. The van der Waals surface area contributed by atoms with Gasteiger partial charge in [0.1, 0.15) is 12.4 Å². The van der Waals surface area contributed by atoms with Gasteiger partial charge in [0.2, 0.25) is 10.0 Å². The summed E-state index contributed by atoms with van der Waals surface area (Å²) >= 11 is 1.44. The van der Waals surface area contributed by atoms with Crippen molar-refractivity contribution in [3.8, 4) is 5.75 Å². The largest absolute Gasteiger partial charge is 0.492 e. The summed E-state index contributed by atoms with van der Waals surface area (Å²) in [6, 6.07) is 6.30. The van der Waals surface area contributed by atoms with Crippen LogP contribution in [0.2, 0.25) is 0 Å². The highest BCUT2D eigenvalue weighted by molar-refractivity contribution is 7.89. The number of aromatic nitrogens is 1. The van der Waals surface area contributed by atoms with Crippen molar-refractivity contribution in [3.05, 3.63) is 40.8 Å². The summed E-state index contributed by atoms with van der Waals surface area (Å²) in [7, 11) is -2.00. The van der Waals surface area contributed by atoms with Gasteiger partial charge in [-0.1, -0.05) is 0 Å². The standard InChI is InChI=1S/C13H17N3O3S2/c1-16(8-11-9-20-10-15-11)21(17,18)13-4-2-12(3-5-13)19-7-6-14/h2-5,9-10H,6-8,14H2,1H3. The zero-order valence-corrected chi connectivity index (χ0v) is 13.2. The van der Waals surface area contributed by atoms with Gasteiger partial charge in [0.15, 0.2) is 0 Å². The number of ether oxygens (including phenoxy) is 1. The highest BCUT2D eigenvalue weighted by atomic mass is 32.2. The van der Waals surface area contributed by atoms with E-state index in [9.17, 15) is 8.42 Å². The molecular formula is C13H17N3O3S2. The van der Waals surface area contributed by atoms with E-state index in [1.165, 1.54) is 34.8 Å². The van der Waals surface area contributed by atoms with E-state index in [2.05, 4.69) is 4.98 Å². The summed E-state index contributed by atoms with van der Waals surface area (Å²) in [6.45, 7) is 1.06. The maximum absolute atomic E-state index is 12.4. The van der Waals surface area contributed by atoms with Gasteiger partial charge in [0.05, 0.1) is 22.6 Å². The van der Waals surface area contributed by atoms with Gasteiger partial charge in [0.25, 0.3) is 0 Å². The molecule has 0 radical (unpaired) electrons. The van der Waals surface area contributed by atoms with E-state index >= 15 is 0 Å². The Kier molecular flexibility index (Phi) is 5.29. The second kappa shape index (κ2) is 6.99. The van der Waals surface area contributed by atoms with E-state index in [0.717, 1.165) is 5.69 Å². The number of nitrogens with zero attached hydrogens (tertiary/aromatic N) is 2. The Morgan fingerprint density at radius 2 is 2.05 bits per heavy atom. The van der Waals surface area contributed by atoms with Gasteiger partial charge in [-0.3, -0.25) is 0 Å². The van der Waals surface area contributed by atoms with Gasteiger partial charge in [-0.05, 0) is 24.3 Å². The third-order valence-corrected chi connectivity index (χ3v) is 5.24. The first-order valence-corrected chi connectivity index (χ1v) is 8.68.